The third-order valence-corrected chi connectivity index (χ3v) is 6.62. The van der Waals surface area contributed by atoms with Crippen LogP contribution in [0, 0.1) is 0 Å². The van der Waals surface area contributed by atoms with Gasteiger partial charge in [0.1, 0.15) is 0 Å². The highest BCUT2D eigenvalue weighted by Gasteiger charge is 2.30. The van der Waals surface area contributed by atoms with Crippen LogP contribution in [0.3, 0.4) is 0 Å². The van der Waals surface area contributed by atoms with Crippen LogP contribution in [-0.4, -0.2) is 81.6 Å². The third kappa shape index (κ3) is 5.68. The summed E-state index contributed by atoms with van der Waals surface area (Å²) in [6, 6.07) is 4.39. The van der Waals surface area contributed by atoms with Gasteiger partial charge in [-0.2, -0.15) is 4.98 Å². The van der Waals surface area contributed by atoms with Gasteiger partial charge >= 0.3 is 0 Å². The summed E-state index contributed by atoms with van der Waals surface area (Å²) < 4.78 is 5.39. The lowest BCUT2D eigenvalue weighted by Crippen LogP contribution is -2.56. The molecular formula is C22H35N5O2S. The van der Waals surface area contributed by atoms with Crippen molar-refractivity contribution in [3.8, 4) is 10.7 Å². The van der Waals surface area contributed by atoms with Gasteiger partial charge < -0.3 is 14.3 Å². The average molecular weight is 434 g/mol. The number of aryl methyl sites for hydroxylation is 1. The molecule has 1 amide bonds. The fourth-order valence-electron chi connectivity index (χ4n) is 4.17. The minimum absolute atomic E-state index is 0.0639. The van der Waals surface area contributed by atoms with E-state index in [1.807, 2.05) is 22.4 Å². The van der Waals surface area contributed by atoms with E-state index >= 15 is 0 Å². The van der Waals surface area contributed by atoms with Gasteiger partial charge in [0.25, 0.3) is 0 Å². The molecule has 1 aliphatic heterocycles. The lowest BCUT2D eigenvalue weighted by molar-refractivity contribution is -0.140. The van der Waals surface area contributed by atoms with Crippen LogP contribution in [0.5, 0.6) is 0 Å². The first-order chi connectivity index (χ1) is 14.4. The molecule has 8 heteroatoms. The first kappa shape index (κ1) is 22.9. The molecule has 1 saturated heterocycles. The largest absolute Gasteiger partial charge is 0.339 e. The Labute approximate surface area is 184 Å². The summed E-state index contributed by atoms with van der Waals surface area (Å²) in [7, 11) is 0. The Bertz CT molecular complexity index is 773. The molecule has 1 atom stereocenters. The summed E-state index contributed by atoms with van der Waals surface area (Å²) in [4.78, 5) is 25.3. The molecule has 0 saturated carbocycles. The van der Waals surface area contributed by atoms with Crippen LogP contribution in [0.1, 0.15) is 46.9 Å². The summed E-state index contributed by atoms with van der Waals surface area (Å²) in [5.41, 5.74) is 0. The van der Waals surface area contributed by atoms with Crippen LogP contribution >= 0.6 is 11.3 Å². The van der Waals surface area contributed by atoms with Gasteiger partial charge in [0.05, 0.1) is 10.9 Å². The predicted octanol–water partition coefficient (Wildman–Crippen LogP) is 3.38. The minimum atomic E-state index is -0.0639. The van der Waals surface area contributed by atoms with Gasteiger partial charge in [0.2, 0.25) is 17.6 Å². The quantitative estimate of drug-likeness (QED) is 0.604. The van der Waals surface area contributed by atoms with Crippen LogP contribution in [0.2, 0.25) is 0 Å². The van der Waals surface area contributed by atoms with Crippen LogP contribution < -0.4 is 0 Å². The second kappa shape index (κ2) is 10.5. The molecule has 0 aliphatic carbocycles. The van der Waals surface area contributed by atoms with Crippen molar-refractivity contribution in [2.75, 3.05) is 32.7 Å². The SMILES string of the molecule is CC(C(=O)N(C(C)C)C(C)C)N1CCN(CCCc2nc(-c3cccs3)no2)CC1. The Hall–Kier alpha value is -1.77. The van der Waals surface area contributed by atoms with E-state index in [-0.39, 0.29) is 24.0 Å². The fraction of sp³-hybridized carbons (Fsp3) is 0.682. The van der Waals surface area contributed by atoms with Crippen LogP contribution in [0.25, 0.3) is 10.7 Å². The number of nitrogens with zero attached hydrogens (tertiary/aromatic N) is 5. The molecule has 0 aromatic carbocycles. The van der Waals surface area contributed by atoms with Crippen molar-refractivity contribution in [2.24, 2.45) is 0 Å². The molecule has 3 heterocycles. The molecular weight excluding hydrogens is 398 g/mol. The van der Waals surface area contributed by atoms with Crippen LogP contribution in [-0.2, 0) is 11.2 Å². The van der Waals surface area contributed by atoms with E-state index in [2.05, 4.69) is 54.6 Å². The molecule has 1 fully saturated rings. The van der Waals surface area contributed by atoms with E-state index in [4.69, 9.17) is 4.52 Å². The number of rotatable bonds is 9. The predicted molar refractivity (Wildman–Crippen MR) is 121 cm³/mol. The highest BCUT2D eigenvalue weighted by atomic mass is 32.1. The molecule has 166 valence electrons. The summed E-state index contributed by atoms with van der Waals surface area (Å²) in [5.74, 6) is 1.63. The van der Waals surface area contributed by atoms with E-state index in [0.717, 1.165) is 50.4 Å². The molecule has 1 unspecified atom stereocenters. The highest BCUT2D eigenvalue weighted by molar-refractivity contribution is 7.13. The van der Waals surface area contributed by atoms with E-state index < -0.39 is 0 Å². The molecule has 0 bridgehead atoms. The molecule has 7 nitrogen and oxygen atoms in total. The van der Waals surface area contributed by atoms with Crippen LogP contribution in [0.15, 0.2) is 22.0 Å². The third-order valence-electron chi connectivity index (χ3n) is 5.75. The van der Waals surface area contributed by atoms with Crippen molar-refractivity contribution in [2.45, 2.75) is 65.6 Å². The second-order valence-corrected chi connectivity index (χ2v) is 9.53. The number of carbonyl (C=O) groups excluding carboxylic acids is 1. The summed E-state index contributed by atoms with van der Waals surface area (Å²) in [6.07, 6.45) is 1.79. The van der Waals surface area contributed by atoms with Crippen molar-refractivity contribution >= 4 is 17.2 Å². The second-order valence-electron chi connectivity index (χ2n) is 8.58. The number of hydrogen-bond donors (Lipinski definition) is 0. The number of amides is 1. The van der Waals surface area contributed by atoms with E-state index in [1.54, 1.807) is 11.3 Å². The number of piperazine rings is 1. The standard InChI is InChI=1S/C22H35N5O2S/c1-16(2)27(17(3)4)22(28)18(5)26-13-11-25(12-14-26)10-6-9-20-23-21(24-29-20)19-8-7-15-30-19/h7-8,15-18H,6,9-14H2,1-5H3. The van der Waals surface area contributed by atoms with Crippen LogP contribution in [0.4, 0.5) is 0 Å². The first-order valence-electron chi connectivity index (χ1n) is 11.0. The molecule has 1 aliphatic rings. The van der Waals surface area contributed by atoms with Crippen molar-refractivity contribution in [1.29, 1.82) is 0 Å². The number of aromatic nitrogens is 2. The van der Waals surface area contributed by atoms with E-state index in [0.29, 0.717) is 11.7 Å². The Morgan fingerprint density at radius 1 is 1.17 bits per heavy atom. The van der Waals surface area contributed by atoms with Crippen molar-refractivity contribution in [3.63, 3.8) is 0 Å². The maximum atomic E-state index is 13.0. The molecule has 3 rings (SSSR count). The van der Waals surface area contributed by atoms with Gasteiger partial charge in [-0.1, -0.05) is 11.2 Å². The maximum absolute atomic E-state index is 13.0. The van der Waals surface area contributed by atoms with Crippen molar-refractivity contribution in [1.82, 2.24) is 24.8 Å². The Kier molecular flexibility index (Phi) is 8.02. The van der Waals surface area contributed by atoms with Crippen molar-refractivity contribution < 1.29 is 9.32 Å². The molecule has 0 N–H and O–H groups in total. The molecule has 2 aromatic rings. The molecule has 0 radical (unpaired) electrons. The van der Waals surface area contributed by atoms with Gasteiger partial charge in [-0.15, -0.1) is 11.3 Å². The van der Waals surface area contributed by atoms with Gasteiger partial charge in [-0.3, -0.25) is 9.69 Å². The molecule has 0 spiro atoms. The van der Waals surface area contributed by atoms with Crippen molar-refractivity contribution in [3.05, 3.63) is 23.4 Å². The fourth-order valence-corrected chi connectivity index (χ4v) is 4.82. The van der Waals surface area contributed by atoms with E-state index in [9.17, 15) is 4.79 Å². The molecule has 30 heavy (non-hydrogen) atoms. The Morgan fingerprint density at radius 2 is 1.87 bits per heavy atom. The van der Waals surface area contributed by atoms with E-state index in [1.165, 1.54) is 0 Å². The lowest BCUT2D eigenvalue weighted by Gasteiger charge is -2.40. The summed E-state index contributed by atoms with van der Waals surface area (Å²) >= 11 is 1.62. The summed E-state index contributed by atoms with van der Waals surface area (Å²) in [5, 5.41) is 6.09. The van der Waals surface area contributed by atoms with Gasteiger partial charge in [0.15, 0.2) is 0 Å². The maximum Gasteiger partial charge on any atom is 0.240 e. The lowest BCUT2D eigenvalue weighted by atomic mass is 10.1. The zero-order chi connectivity index (χ0) is 21.7. The average Bonchev–Trinajstić information content (AvgIpc) is 3.39. The normalized spacial score (nSPS) is 17.0. The number of hydrogen-bond acceptors (Lipinski definition) is 7. The smallest absolute Gasteiger partial charge is 0.240 e. The monoisotopic (exact) mass is 433 g/mol. The summed E-state index contributed by atoms with van der Waals surface area (Å²) in [6.45, 7) is 15.3. The zero-order valence-electron chi connectivity index (χ0n) is 18.9. The molecule has 2 aromatic heterocycles. The number of thiophene rings is 1. The van der Waals surface area contributed by atoms with Gasteiger partial charge in [0, 0.05) is 44.7 Å². The topological polar surface area (TPSA) is 65.7 Å². The zero-order valence-corrected chi connectivity index (χ0v) is 19.7. The minimum Gasteiger partial charge on any atom is -0.339 e. The Balaban J connectivity index is 1.41. The first-order valence-corrected chi connectivity index (χ1v) is 11.9. The van der Waals surface area contributed by atoms with Gasteiger partial charge in [-0.05, 0) is 59.0 Å². The number of carbonyl (C=O) groups is 1. The van der Waals surface area contributed by atoms with Gasteiger partial charge in [-0.25, -0.2) is 0 Å². The highest BCUT2D eigenvalue weighted by Crippen LogP contribution is 2.21. The Morgan fingerprint density at radius 3 is 2.47 bits per heavy atom.